The third-order valence-electron chi connectivity index (χ3n) is 2.56. The highest BCUT2D eigenvalue weighted by molar-refractivity contribution is 5.75. The number of fused-ring (bicyclic) bond motifs is 1. The minimum absolute atomic E-state index is 0.0930. The molecule has 1 fully saturated rings. The average molecular weight is 215 g/mol. The Balaban J connectivity index is 1.86. The van der Waals surface area contributed by atoms with E-state index in [0.29, 0.717) is 0 Å². The second-order valence-electron chi connectivity index (χ2n) is 3.73. The van der Waals surface area contributed by atoms with E-state index in [9.17, 15) is 0 Å². The fourth-order valence-electron chi connectivity index (χ4n) is 1.78. The van der Waals surface area contributed by atoms with E-state index in [1.54, 1.807) is 6.20 Å². The molecule has 0 unspecified atom stereocenters. The highest BCUT2D eigenvalue weighted by atomic mass is 15.3. The minimum atomic E-state index is 0.0930. The van der Waals surface area contributed by atoms with Gasteiger partial charge in [-0.05, 0) is 12.1 Å². The molecule has 0 saturated carbocycles. The number of para-hydroxylation sites is 2. The Labute approximate surface area is 93.3 Å². The third kappa shape index (κ3) is 1.82. The van der Waals surface area contributed by atoms with Crippen molar-refractivity contribution in [2.75, 3.05) is 18.4 Å². The number of nitrogens with zero attached hydrogens (tertiary/aromatic N) is 2. The van der Waals surface area contributed by atoms with Crippen molar-refractivity contribution in [2.45, 2.75) is 6.29 Å². The van der Waals surface area contributed by atoms with Gasteiger partial charge < -0.3 is 5.32 Å². The molecule has 1 aromatic carbocycles. The minimum Gasteiger partial charge on any atom is -0.341 e. The summed E-state index contributed by atoms with van der Waals surface area (Å²) in [6, 6.07) is 7.85. The van der Waals surface area contributed by atoms with Gasteiger partial charge in [0.25, 0.3) is 0 Å². The molecule has 0 atom stereocenters. The van der Waals surface area contributed by atoms with Gasteiger partial charge in [0.05, 0.1) is 17.2 Å². The maximum absolute atomic E-state index is 4.49. The average Bonchev–Trinajstić information content (AvgIpc) is 2.82. The molecule has 0 amide bonds. The Morgan fingerprint density at radius 3 is 2.69 bits per heavy atom. The summed E-state index contributed by atoms with van der Waals surface area (Å²) in [4.78, 5) is 8.83. The first kappa shape index (κ1) is 9.50. The first-order valence-corrected chi connectivity index (χ1v) is 5.37. The molecular weight excluding hydrogens is 202 g/mol. The molecule has 82 valence electrons. The lowest BCUT2D eigenvalue weighted by Gasteiger charge is -2.13. The van der Waals surface area contributed by atoms with Crippen LogP contribution >= 0.6 is 0 Å². The second-order valence-corrected chi connectivity index (χ2v) is 3.73. The number of aromatic nitrogens is 2. The molecule has 1 aliphatic rings. The van der Waals surface area contributed by atoms with Gasteiger partial charge in [-0.25, -0.2) is 4.98 Å². The molecule has 0 spiro atoms. The highest BCUT2D eigenvalue weighted by Gasteiger charge is 2.12. The van der Waals surface area contributed by atoms with E-state index in [1.807, 2.05) is 24.3 Å². The van der Waals surface area contributed by atoms with Gasteiger partial charge in [0, 0.05) is 13.1 Å². The number of benzene rings is 1. The zero-order chi connectivity index (χ0) is 10.8. The Morgan fingerprint density at radius 1 is 1.12 bits per heavy atom. The van der Waals surface area contributed by atoms with Crippen molar-refractivity contribution in [3.8, 4) is 0 Å². The first-order chi connectivity index (χ1) is 7.92. The van der Waals surface area contributed by atoms with Crippen LogP contribution in [0.4, 0.5) is 5.82 Å². The second kappa shape index (κ2) is 4.03. The molecule has 1 aliphatic heterocycles. The SMILES string of the molecule is c1ccc2nc(NC3NCCN3)cnc2c1. The number of hydrogen-bond donors (Lipinski definition) is 3. The smallest absolute Gasteiger partial charge is 0.147 e. The molecule has 3 rings (SSSR count). The molecule has 2 aromatic rings. The van der Waals surface area contributed by atoms with Gasteiger partial charge in [0.2, 0.25) is 0 Å². The summed E-state index contributed by atoms with van der Waals surface area (Å²) < 4.78 is 0. The number of hydrogen-bond acceptors (Lipinski definition) is 5. The molecule has 3 N–H and O–H groups in total. The van der Waals surface area contributed by atoms with Gasteiger partial charge in [-0.15, -0.1) is 0 Å². The molecule has 0 bridgehead atoms. The number of anilines is 1. The standard InChI is InChI=1S/C11H13N5/c1-2-4-9-8(3-1)14-7-10(15-9)16-11-12-5-6-13-11/h1-4,7,11-13H,5-6H2,(H,15,16). The van der Waals surface area contributed by atoms with Crippen LogP contribution in [0.25, 0.3) is 11.0 Å². The van der Waals surface area contributed by atoms with E-state index in [1.165, 1.54) is 0 Å². The maximum atomic E-state index is 4.49. The topological polar surface area (TPSA) is 61.9 Å². The lowest BCUT2D eigenvalue weighted by Crippen LogP contribution is -2.39. The quantitative estimate of drug-likeness (QED) is 0.681. The van der Waals surface area contributed by atoms with Crippen molar-refractivity contribution in [2.24, 2.45) is 0 Å². The van der Waals surface area contributed by atoms with E-state index < -0.39 is 0 Å². The van der Waals surface area contributed by atoms with Gasteiger partial charge in [-0.1, -0.05) is 12.1 Å². The van der Waals surface area contributed by atoms with Gasteiger partial charge in [0.1, 0.15) is 12.1 Å². The van der Waals surface area contributed by atoms with Crippen LogP contribution in [0, 0.1) is 0 Å². The molecule has 0 radical (unpaired) electrons. The van der Waals surface area contributed by atoms with Crippen molar-refractivity contribution in [1.82, 2.24) is 20.6 Å². The van der Waals surface area contributed by atoms with Crippen molar-refractivity contribution in [3.63, 3.8) is 0 Å². The van der Waals surface area contributed by atoms with Crippen LogP contribution in [-0.4, -0.2) is 29.3 Å². The molecule has 5 heteroatoms. The largest absolute Gasteiger partial charge is 0.341 e. The number of nitrogens with one attached hydrogen (secondary N) is 3. The first-order valence-electron chi connectivity index (χ1n) is 5.37. The third-order valence-corrected chi connectivity index (χ3v) is 2.56. The Bertz CT molecular complexity index is 492. The molecule has 16 heavy (non-hydrogen) atoms. The van der Waals surface area contributed by atoms with Gasteiger partial charge >= 0.3 is 0 Å². The summed E-state index contributed by atoms with van der Waals surface area (Å²) in [6.45, 7) is 1.94. The van der Waals surface area contributed by atoms with E-state index in [-0.39, 0.29) is 6.29 Å². The molecule has 1 aromatic heterocycles. The lowest BCUT2D eigenvalue weighted by atomic mass is 10.3. The van der Waals surface area contributed by atoms with E-state index in [2.05, 4.69) is 25.9 Å². The summed E-state index contributed by atoms with van der Waals surface area (Å²) in [7, 11) is 0. The molecule has 2 heterocycles. The van der Waals surface area contributed by atoms with E-state index in [4.69, 9.17) is 0 Å². The monoisotopic (exact) mass is 215 g/mol. The summed E-state index contributed by atoms with van der Waals surface area (Å²) in [5.41, 5.74) is 1.82. The Hall–Kier alpha value is -1.72. The Morgan fingerprint density at radius 2 is 1.88 bits per heavy atom. The van der Waals surface area contributed by atoms with Gasteiger partial charge in [0.15, 0.2) is 0 Å². The predicted molar refractivity (Wildman–Crippen MR) is 63.0 cm³/mol. The number of rotatable bonds is 2. The highest BCUT2D eigenvalue weighted by Crippen LogP contribution is 2.11. The molecular formula is C11H13N5. The van der Waals surface area contributed by atoms with Crippen molar-refractivity contribution in [1.29, 1.82) is 0 Å². The van der Waals surface area contributed by atoms with E-state index in [0.717, 1.165) is 29.9 Å². The van der Waals surface area contributed by atoms with Crippen molar-refractivity contribution in [3.05, 3.63) is 30.5 Å². The maximum Gasteiger partial charge on any atom is 0.147 e. The van der Waals surface area contributed by atoms with Crippen molar-refractivity contribution >= 4 is 16.9 Å². The Kier molecular flexibility index (Phi) is 2.40. The summed E-state index contributed by atoms with van der Waals surface area (Å²) >= 11 is 0. The zero-order valence-electron chi connectivity index (χ0n) is 8.77. The van der Waals surface area contributed by atoms with Crippen LogP contribution in [0.5, 0.6) is 0 Å². The van der Waals surface area contributed by atoms with Gasteiger partial charge in [-0.3, -0.25) is 15.6 Å². The van der Waals surface area contributed by atoms with Gasteiger partial charge in [-0.2, -0.15) is 0 Å². The van der Waals surface area contributed by atoms with Crippen LogP contribution in [0.3, 0.4) is 0 Å². The fraction of sp³-hybridized carbons (Fsp3) is 0.273. The van der Waals surface area contributed by atoms with Crippen LogP contribution < -0.4 is 16.0 Å². The summed E-state index contributed by atoms with van der Waals surface area (Å²) in [5, 5.41) is 9.76. The normalized spacial score (nSPS) is 16.8. The van der Waals surface area contributed by atoms with Crippen LogP contribution in [0.15, 0.2) is 30.5 Å². The van der Waals surface area contributed by atoms with Crippen LogP contribution in [0.2, 0.25) is 0 Å². The van der Waals surface area contributed by atoms with Crippen molar-refractivity contribution < 1.29 is 0 Å². The van der Waals surface area contributed by atoms with Crippen LogP contribution in [0.1, 0.15) is 0 Å². The molecule has 0 aliphatic carbocycles. The lowest BCUT2D eigenvalue weighted by molar-refractivity contribution is 0.618. The zero-order valence-corrected chi connectivity index (χ0v) is 8.77. The van der Waals surface area contributed by atoms with Crippen LogP contribution in [-0.2, 0) is 0 Å². The fourth-order valence-corrected chi connectivity index (χ4v) is 1.78. The van der Waals surface area contributed by atoms with E-state index >= 15 is 0 Å². The summed E-state index contributed by atoms with van der Waals surface area (Å²) in [6.07, 6.45) is 1.85. The molecule has 5 nitrogen and oxygen atoms in total. The molecule has 1 saturated heterocycles. The predicted octanol–water partition coefficient (Wildman–Crippen LogP) is 0.518. The summed E-state index contributed by atoms with van der Waals surface area (Å²) in [5.74, 6) is 0.783.